The Morgan fingerprint density at radius 2 is 2.00 bits per heavy atom. The molecule has 0 bridgehead atoms. The minimum absolute atomic E-state index is 0.0227. The number of pyridine rings is 1. The lowest BCUT2D eigenvalue weighted by Crippen LogP contribution is -2.09. The Labute approximate surface area is 109 Å². The summed E-state index contributed by atoms with van der Waals surface area (Å²) >= 11 is 3.15. The minimum atomic E-state index is -4.54. The van der Waals surface area contributed by atoms with Crippen molar-refractivity contribution in [1.29, 1.82) is 0 Å². The third-order valence-electron chi connectivity index (χ3n) is 2.41. The maximum Gasteiger partial charge on any atom is 0.433 e. The Hall–Kier alpha value is -1.50. The van der Waals surface area contributed by atoms with Crippen LogP contribution in [0.4, 0.5) is 18.9 Å². The Balaban J connectivity index is 2.85. The molecule has 0 spiro atoms. The van der Waals surface area contributed by atoms with Crippen LogP contribution in [0.25, 0.3) is 10.9 Å². The lowest BCUT2D eigenvalue weighted by molar-refractivity contribution is -0.140. The van der Waals surface area contributed by atoms with Gasteiger partial charge in [0.05, 0.1) is 18.0 Å². The molecule has 96 valence electrons. The summed E-state index contributed by atoms with van der Waals surface area (Å²) in [5.41, 5.74) is 4.74. The van der Waals surface area contributed by atoms with Gasteiger partial charge in [-0.1, -0.05) is 0 Å². The van der Waals surface area contributed by atoms with Crippen molar-refractivity contribution in [3.05, 3.63) is 28.4 Å². The molecule has 0 amide bonds. The number of fused-ring (bicyclic) bond motifs is 1. The molecule has 2 N–H and O–H groups in total. The standard InChI is InChI=1S/C11H8BrF3N2O/c1-18-7-3-2-5(12)10-9(7)6(16)4-8(17-10)11(13,14)15/h2-4H,1H3,(H2,16,17). The second kappa shape index (κ2) is 4.31. The average Bonchev–Trinajstić information content (AvgIpc) is 2.29. The third kappa shape index (κ3) is 2.10. The SMILES string of the molecule is COc1ccc(Br)c2nc(C(F)(F)F)cc(N)c12. The zero-order valence-corrected chi connectivity index (χ0v) is 10.8. The molecule has 18 heavy (non-hydrogen) atoms. The van der Waals surface area contributed by atoms with Gasteiger partial charge >= 0.3 is 6.18 Å². The van der Waals surface area contributed by atoms with Crippen LogP contribution in [0, 0.1) is 0 Å². The summed E-state index contributed by atoms with van der Waals surface area (Å²) in [7, 11) is 1.42. The van der Waals surface area contributed by atoms with Crippen LogP contribution in [0.3, 0.4) is 0 Å². The molecule has 1 aromatic carbocycles. The molecule has 0 aliphatic carbocycles. The fraction of sp³-hybridized carbons (Fsp3) is 0.182. The number of halogens is 4. The van der Waals surface area contributed by atoms with Crippen LogP contribution in [0.15, 0.2) is 22.7 Å². The van der Waals surface area contributed by atoms with Gasteiger partial charge in [0.1, 0.15) is 11.4 Å². The summed E-state index contributed by atoms with van der Waals surface area (Å²) in [5, 5.41) is 0.361. The molecule has 0 aliphatic heterocycles. The number of benzene rings is 1. The number of methoxy groups -OCH3 is 1. The zero-order chi connectivity index (χ0) is 13.5. The first kappa shape index (κ1) is 12.9. The van der Waals surface area contributed by atoms with Crippen LogP contribution >= 0.6 is 15.9 Å². The number of hydrogen-bond acceptors (Lipinski definition) is 3. The van der Waals surface area contributed by atoms with E-state index in [0.717, 1.165) is 6.07 Å². The molecule has 0 saturated heterocycles. The zero-order valence-electron chi connectivity index (χ0n) is 9.18. The highest BCUT2D eigenvalue weighted by Crippen LogP contribution is 2.38. The van der Waals surface area contributed by atoms with Gasteiger partial charge in [0.15, 0.2) is 0 Å². The monoisotopic (exact) mass is 320 g/mol. The molecule has 0 radical (unpaired) electrons. The molecule has 0 aliphatic rings. The molecule has 3 nitrogen and oxygen atoms in total. The predicted molar refractivity (Wildman–Crippen MR) is 65.4 cm³/mol. The van der Waals surface area contributed by atoms with Crippen LogP contribution in [0.5, 0.6) is 5.75 Å². The van der Waals surface area contributed by atoms with Gasteiger partial charge in [0, 0.05) is 10.2 Å². The molecule has 2 aromatic rings. The molecule has 0 saturated carbocycles. The summed E-state index contributed by atoms with van der Waals surface area (Å²) in [4.78, 5) is 3.58. The van der Waals surface area contributed by atoms with Crippen LogP contribution < -0.4 is 10.5 Å². The number of aromatic nitrogens is 1. The van der Waals surface area contributed by atoms with Crippen molar-refractivity contribution < 1.29 is 17.9 Å². The Kier molecular flexibility index (Phi) is 3.10. The molecule has 2 rings (SSSR count). The van der Waals surface area contributed by atoms with Gasteiger partial charge in [0.2, 0.25) is 0 Å². The quantitative estimate of drug-likeness (QED) is 0.873. The number of rotatable bonds is 1. The number of nitrogens with zero attached hydrogens (tertiary/aromatic N) is 1. The second-order valence-electron chi connectivity index (χ2n) is 3.57. The van der Waals surface area contributed by atoms with E-state index < -0.39 is 11.9 Å². The lowest BCUT2D eigenvalue weighted by Gasteiger charge is -2.12. The van der Waals surface area contributed by atoms with E-state index in [2.05, 4.69) is 20.9 Å². The smallest absolute Gasteiger partial charge is 0.433 e. The number of nitrogens with two attached hydrogens (primary N) is 1. The number of anilines is 1. The summed E-state index contributed by atoms with van der Waals surface area (Å²) in [6.07, 6.45) is -4.54. The molecular weight excluding hydrogens is 313 g/mol. The molecule has 1 aromatic heterocycles. The van der Waals surface area contributed by atoms with Gasteiger partial charge in [-0.15, -0.1) is 0 Å². The van der Waals surface area contributed by atoms with Crippen molar-refractivity contribution in [2.75, 3.05) is 12.8 Å². The van der Waals surface area contributed by atoms with Crippen molar-refractivity contribution in [2.24, 2.45) is 0 Å². The summed E-state index contributed by atoms with van der Waals surface area (Å²) in [5.74, 6) is 0.381. The van der Waals surface area contributed by atoms with Crippen LogP contribution in [0.2, 0.25) is 0 Å². The van der Waals surface area contributed by atoms with Gasteiger partial charge < -0.3 is 10.5 Å². The van der Waals surface area contributed by atoms with E-state index in [1.807, 2.05) is 0 Å². The normalized spacial score (nSPS) is 11.8. The molecular formula is C11H8BrF3N2O. The van der Waals surface area contributed by atoms with E-state index in [0.29, 0.717) is 15.6 Å². The molecule has 0 atom stereocenters. The molecule has 0 fully saturated rings. The van der Waals surface area contributed by atoms with Gasteiger partial charge in [-0.3, -0.25) is 0 Å². The maximum atomic E-state index is 12.6. The van der Waals surface area contributed by atoms with E-state index in [9.17, 15) is 13.2 Å². The molecule has 7 heteroatoms. The molecule has 0 unspecified atom stereocenters. The number of ether oxygens (including phenoxy) is 1. The Morgan fingerprint density at radius 1 is 1.33 bits per heavy atom. The predicted octanol–water partition coefficient (Wildman–Crippen LogP) is 3.61. The van der Waals surface area contributed by atoms with Gasteiger partial charge in [-0.05, 0) is 34.1 Å². The van der Waals surface area contributed by atoms with Gasteiger partial charge in [-0.2, -0.15) is 13.2 Å². The van der Waals surface area contributed by atoms with E-state index in [4.69, 9.17) is 10.5 Å². The number of alkyl halides is 3. The second-order valence-corrected chi connectivity index (χ2v) is 4.42. The highest BCUT2D eigenvalue weighted by Gasteiger charge is 2.33. The maximum absolute atomic E-state index is 12.6. The van der Waals surface area contributed by atoms with Gasteiger partial charge in [0.25, 0.3) is 0 Å². The Bertz CT molecular complexity index is 613. The highest BCUT2D eigenvalue weighted by atomic mass is 79.9. The summed E-state index contributed by atoms with van der Waals surface area (Å²) < 4.78 is 43.4. The van der Waals surface area contributed by atoms with Crippen LogP contribution in [-0.4, -0.2) is 12.1 Å². The van der Waals surface area contributed by atoms with E-state index in [1.54, 1.807) is 12.1 Å². The third-order valence-corrected chi connectivity index (χ3v) is 3.05. The van der Waals surface area contributed by atoms with Gasteiger partial charge in [-0.25, -0.2) is 4.98 Å². The lowest BCUT2D eigenvalue weighted by atomic mass is 10.1. The van der Waals surface area contributed by atoms with Crippen molar-refractivity contribution in [1.82, 2.24) is 4.98 Å². The van der Waals surface area contributed by atoms with E-state index >= 15 is 0 Å². The number of nitrogen functional groups attached to an aromatic ring is 1. The first-order valence-electron chi connectivity index (χ1n) is 4.84. The van der Waals surface area contributed by atoms with Crippen molar-refractivity contribution >= 4 is 32.5 Å². The fourth-order valence-corrected chi connectivity index (χ4v) is 2.04. The topological polar surface area (TPSA) is 48.1 Å². The van der Waals surface area contributed by atoms with E-state index in [1.165, 1.54) is 7.11 Å². The minimum Gasteiger partial charge on any atom is -0.496 e. The number of hydrogen-bond donors (Lipinski definition) is 1. The van der Waals surface area contributed by atoms with Crippen molar-refractivity contribution in [3.63, 3.8) is 0 Å². The average molecular weight is 321 g/mol. The fourth-order valence-electron chi connectivity index (χ4n) is 1.62. The van der Waals surface area contributed by atoms with Crippen LogP contribution in [0.1, 0.15) is 5.69 Å². The molecule has 1 heterocycles. The van der Waals surface area contributed by atoms with Crippen LogP contribution in [-0.2, 0) is 6.18 Å². The van der Waals surface area contributed by atoms with Crippen molar-refractivity contribution in [3.8, 4) is 5.75 Å². The first-order valence-corrected chi connectivity index (χ1v) is 5.64. The Morgan fingerprint density at radius 3 is 2.56 bits per heavy atom. The van der Waals surface area contributed by atoms with Crippen molar-refractivity contribution in [2.45, 2.75) is 6.18 Å². The summed E-state index contributed by atoms with van der Waals surface area (Å²) in [6.45, 7) is 0. The summed E-state index contributed by atoms with van der Waals surface area (Å²) in [6, 6.07) is 3.97. The largest absolute Gasteiger partial charge is 0.496 e. The highest BCUT2D eigenvalue weighted by molar-refractivity contribution is 9.10. The van der Waals surface area contributed by atoms with E-state index in [-0.39, 0.29) is 11.2 Å². The first-order chi connectivity index (χ1) is 8.34.